The first-order valence-corrected chi connectivity index (χ1v) is 6.88. The van der Waals surface area contributed by atoms with E-state index in [0.717, 1.165) is 10.4 Å². The van der Waals surface area contributed by atoms with E-state index in [1.807, 2.05) is 13.8 Å². The topological polar surface area (TPSA) is 78.9 Å². The molecule has 0 atom stereocenters. The van der Waals surface area contributed by atoms with Crippen LogP contribution in [0.2, 0.25) is 0 Å². The second kappa shape index (κ2) is 4.80. The number of carbonyl (C=O) groups excluding carboxylic acids is 1. The molecular weight excluding hydrogens is 266 g/mol. The van der Waals surface area contributed by atoms with E-state index in [2.05, 4.69) is 11.4 Å². The van der Waals surface area contributed by atoms with E-state index < -0.39 is 0 Å². The monoisotopic (exact) mass is 277 g/mol. The molecule has 0 aliphatic rings. The molecule has 18 heavy (non-hydrogen) atoms. The highest BCUT2D eigenvalue weighted by Gasteiger charge is 2.17. The average molecular weight is 277 g/mol. The van der Waals surface area contributed by atoms with Crippen LogP contribution in [0.15, 0.2) is 11.4 Å². The van der Waals surface area contributed by atoms with Crippen LogP contribution in [0.25, 0.3) is 0 Å². The highest BCUT2D eigenvalue weighted by molar-refractivity contribution is 7.17. The number of nitrogens with two attached hydrogens (primary N) is 1. The largest absolute Gasteiger partial charge is 0.397 e. The standard InChI is InChI=1S/C12H11N3OS2/c1-6-7(2)18-12(8(6)5-13)15-11(16)10-9(14)3-4-17-10/h3-4H,14H2,1-2H3,(H,15,16). The SMILES string of the molecule is Cc1sc(NC(=O)c2sccc2N)c(C#N)c1C. The summed E-state index contributed by atoms with van der Waals surface area (Å²) in [6.45, 7) is 3.80. The highest BCUT2D eigenvalue weighted by Crippen LogP contribution is 2.32. The van der Waals surface area contributed by atoms with Gasteiger partial charge in [-0.2, -0.15) is 5.26 Å². The van der Waals surface area contributed by atoms with Gasteiger partial charge in [0.25, 0.3) is 5.91 Å². The molecule has 3 N–H and O–H groups in total. The molecule has 92 valence electrons. The maximum absolute atomic E-state index is 12.0. The predicted molar refractivity (Wildman–Crippen MR) is 75.2 cm³/mol. The number of thiophene rings is 2. The molecule has 0 aliphatic heterocycles. The lowest BCUT2D eigenvalue weighted by atomic mass is 10.2. The summed E-state index contributed by atoms with van der Waals surface area (Å²) in [4.78, 5) is 13.5. The van der Waals surface area contributed by atoms with E-state index in [1.165, 1.54) is 22.7 Å². The summed E-state index contributed by atoms with van der Waals surface area (Å²) in [5.74, 6) is -0.264. The van der Waals surface area contributed by atoms with Crippen molar-refractivity contribution in [2.24, 2.45) is 0 Å². The molecule has 2 aromatic heterocycles. The Bertz CT molecular complexity index is 649. The molecule has 0 aromatic carbocycles. The molecule has 0 saturated carbocycles. The van der Waals surface area contributed by atoms with Crippen molar-refractivity contribution in [3.05, 3.63) is 32.3 Å². The third kappa shape index (κ3) is 2.10. The first-order chi connectivity index (χ1) is 8.54. The summed E-state index contributed by atoms with van der Waals surface area (Å²) in [5, 5.41) is 14.2. The van der Waals surface area contributed by atoms with E-state index in [0.29, 0.717) is 21.1 Å². The van der Waals surface area contributed by atoms with Gasteiger partial charge in [-0.1, -0.05) is 0 Å². The second-order valence-electron chi connectivity index (χ2n) is 3.76. The number of nitrogen functional groups attached to an aromatic ring is 1. The van der Waals surface area contributed by atoms with Crippen molar-refractivity contribution in [2.75, 3.05) is 11.1 Å². The number of nitrogens with one attached hydrogen (secondary N) is 1. The molecular formula is C12H11N3OS2. The van der Waals surface area contributed by atoms with Gasteiger partial charge in [0, 0.05) is 4.88 Å². The van der Waals surface area contributed by atoms with E-state index >= 15 is 0 Å². The van der Waals surface area contributed by atoms with Gasteiger partial charge in [0.15, 0.2) is 0 Å². The number of amides is 1. The Morgan fingerprint density at radius 1 is 1.50 bits per heavy atom. The maximum atomic E-state index is 12.0. The first-order valence-electron chi connectivity index (χ1n) is 5.19. The van der Waals surface area contributed by atoms with Crippen LogP contribution in [0.5, 0.6) is 0 Å². The molecule has 4 nitrogen and oxygen atoms in total. The van der Waals surface area contributed by atoms with Crippen molar-refractivity contribution in [2.45, 2.75) is 13.8 Å². The van der Waals surface area contributed by atoms with E-state index in [1.54, 1.807) is 11.4 Å². The summed E-state index contributed by atoms with van der Waals surface area (Å²) in [7, 11) is 0. The number of hydrogen-bond donors (Lipinski definition) is 2. The molecule has 0 bridgehead atoms. The molecule has 2 rings (SSSR count). The third-order valence-electron chi connectivity index (χ3n) is 2.63. The number of nitriles is 1. The molecule has 6 heteroatoms. The Morgan fingerprint density at radius 3 is 2.78 bits per heavy atom. The minimum absolute atomic E-state index is 0.264. The fourth-order valence-corrected chi connectivity index (χ4v) is 3.23. The Balaban J connectivity index is 2.31. The summed E-state index contributed by atoms with van der Waals surface area (Å²) in [6.07, 6.45) is 0. The zero-order valence-corrected chi connectivity index (χ0v) is 11.5. The fraction of sp³-hybridized carbons (Fsp3) is 0.167. The van der Waals surface area contributed by atoms with E-state index in [4.69, 9.17) is 11.0 Å². The quantitative estimate of drug-likeness (QED) is 0.885. The lowest BCUT2D eigenvalue weighted by Crippen LogP contribution is -2.11. The molecule has 2 aromatic rings. The van der Waals surface area contributed by atoms with Crippen molar-refractivity contribution in [3.8, 4) is 6.07 Å². The van der Waals surface area contributed by atoms with Crippen LogP contribution in [0, 0.1) is 25.2 Å². The smallest absolute Gasteiger partial charge is 0.268 e. The van der Waals surface area contributed by atoms with Gasteiger partial charge in [-0.3, -0.25) is 4.79 Å². The molecule has 0 spiro atoms. The van der Waals surface area contributed by atoms with E-state index in [9.17, 15) is 4.79 Å². The highest BCUT2D eigenvalue weighted by atomic mass is 32.1. The normalized spacial score (nSPS) is 10.1. The molecule has 1 amide bonds. The van der Waals surface area contributed by atoms with Gasteiger partial charge in [-0.25, -0.2) is 0 Å². The van der Waals surface area contributed by atoms with Crippen molar-refractivity contribution in [1.29, 1.82) is 5.26 Å². The number of nitrogens with zero attached hydrogens (tertiary/aromatic N) is 1. The number of anilines is 2. The Labute approximate surface area is 113 Å². The molecule has 0 unspecified atom stereocenters. The molecule has 0 fully saturated rings. The van der Waals surface area contributed by atoms with Gasteiger partial charge in [0.2, 0.25) is 0 Å². The molecule has 0 aliphatic carbocycles. The minimum Gasteiger partial charge on any atom is -0.397 e. The average Bonchev–Trinajstić information content (AvgIpc) is 2.85. The third-order valence-corrected chi connectivity index (χ3v) is 4.68. The molecule has 2 heterocycles. The first kappa shape index (κ1) is 12.6. The van der Waals surface area contributed by atoms with Crippen LogP contribution < -0.4 is 11.1 Å². The van der Waals surface area contributed by atoms with Crippen LogP contribution in [-0.2, 0) is 0 Å². The number of rotatable bonds is 2. The summed E-state index contributed by atoms with van der Waals surface area (Å²) < 4.78 is 0. The summed E-state index contributed by atoms with van der Waals surface area (Å²) in [6, 6.07) is 3.81. The molecule has 0 saturated heterocycles. The summed E-state index contributed by atoms with van der Waals surface area (Å²) >= 11 is 2.69. The number of aryl methyl sites for hydroxylation is 1. The lowest BCUT2D eigenvalue weighted by molar-refractivity contribution is 0.103. The van der Waals surface area contributed by atoms with Gasteiger partial charge in [0.1, 0.15) is 15.9 Å². The van der Waals surface area contributed by atoms with Crippen molar-refractivity contribution < 1.29 is 4.79 Å². The number of carbonyl (C=O) groups is 1. The zero-order chi connectivity index (χ0) is 13.3. The Hall–Kier alpha value is -1.84. The fourth-order valence-electron chi connectivity index (χ4n) is 1.51. The second-order valence-corrected chi connectivity index (χ2v) is 5.90. The van der Waals surface area contributed by atoms with Crippen LogP contribution in [0.1, 0.15) is 25.7 Å². The van der Waals surface area contributed by atoms with Gasteiger partial charge >= 0.3 is 0 Å². The van der Waals surface area contributed by atoms with Crippen LogP contribution in [0.4, 0.5) is 10.7 Å². The van der Waals surface area contributed by atoms with E-state index in [-0.39, 0.29) is 5.91 Å². The number of hydrogen-bond acceptors (Lipinski definition) is 5. The van der Waals surface area contributed by atoms with Crippen LogP contribution in [0.3, 0.4) is 0 Å². The van der Waals surface area contributed by atoms with Gasteiger partial charge in [-0.15, -0.1) is 22.7 Å². The molecule has 0 radical (unpaired) electrons. The van der Waals surface area contributed by atoms with Gasteiger partial charge in [-0.05, 0) is 30.9 Å². The van der Waals surface area contributed by atoms with Crippen LogP contribution >= 0.6 is 22.7 Å². The Morgan fingerprint density at radius 2 is 2.22 bits per heavy atom. The summed E-state index contributed by atoms with van der Waals surface area (Å²) in [5.41, 5.74) is 7.59. The van der Waals surface area contributed by atoms with Gasteiger partial charge < -0.3 is 11.1 Å². The predicted octanol–water partition coefficient (Wildman–Crippen LogP) is 3.13. The van der Waals surface area contributed by atoms with Crippen molar-refractivity contribution >= 4 is 39.3 Å². The van der Waals surface area contributed by atoms with Crippen LogP contribution in [-0.4, -0.2) is 5.91 Å². The Kier molecular flexibility index (Phi) is 3.36. The van der Waals surface area contributed by atoms with Crippen molar-refractivity contribution in [1.82, 2.24) is 0 Å². The van der Waals surface area contributed by atoms with Crippen molar-refractivity contribution in [3.63, 3.8) is 0 Å². The zero-order valence-electron chi connectivity index (χ0n) is 9.90. The minimum atomic E-state index is -0.264. The van der Waals surface area contributed by atoms with Gasteiger partial charge in [0.05, 0.1) is 11.3 Å². The lowest BCUT2D eigenvalue weighted by Gasteiger charge is -2.02. The maximum Gasteiger partial charge on any atom is 0.268 e.